The molecule has 3 heterocycles. The summed E-state index contributed by atoms with van der Waals surface area (Å²) in [6.07, 6.45) is 5.75. The predicted octanol–water partition coefficient (Wildman–Crippen LogP) is 1.34. The Morgan fingerprint density at radius 2 is 1.62 bits per heavy atom. The van der Waals surface area contributed by atoms with E-state index in [1.54, 1.807) is 0 Å². The molecule has 1 saturated carbocycles. The number of anilines is 1. The maximum absolute atomic E-state index is 12.6. The smallest absolute Gasteiger partial charge is 0.234 e. The van der Waals surface area contributed by atoms with Crippen LogP contribution in [0.3, 0.4) is 0 Å². The first-order chi connectivity index (χ1) is 11.7. The lowest BCUT2D eigenvalue weighted by Crippen LogP contribution is -2.51. The molecule has 0 N–H and O–H groups in total. The SMILES string of the molecule is O=C1[C@H]2CCCC[C@H]2C(=O)N1CN1CCN(c2ccccn2)CC1. The van der Waals surface area contributed by atoms with E-state index in [9.17, 15) is 9.59 Å². The van der Waals surface area contributed by atoms with Crippen molar-refractivity contribution in [1.29, 1.82) is 0 Å². The summed E-state index contributed by atoms with van der Waals surface area (Å²) >= 11 is 0. The number of carbonyl (C=O) groups excluding carboxylic acids is 2. The van der Waals surface area contributed by atoms with E-state index in [1.165, 1.54) is 4.90 Å². The molecule has 1 aromatic rings. The van der Waals surface area contributed by atoms with Gasteiger partial charge in [0.2, 0.25) is 11.8 Å². The molecule has 0 spiro atoms. The molecular formula is C18H24N4O2. The average molecular weight is 328 g/mol. The highest BCUT2D eigenvalue weighted by atomic mass is 16.2. The van der Waals surface area contributed by atoms with E-state index in [-0.39, 0.29) is 23.7 Å². The topological polar surface area (TPSA) is 56.8 Å². The lowest BCUT2D eigenvalue weighted by molar-refractivity contribution is -0.142. The highest BCUT2D eigenvalue weighted by molar-refractivity contribution is 6.05. The van der Waals surface area contributed by atoms with Gasteiger partial charge in [0.05, 0.1) is 18.5 Å². The first kappa shape index (κ1) is 15.6. The number of rotatable bonds is 3. The van der Waals surface area contributed by atoms with Crippen LogP contribution in [0.2, 0.25) is 0 Å². The van der Waals surface area contributed by atoms with Gasteiger partial charge < -0.3 is 4.90 Å². The average Bonchev–Trinajstić information content (AvgIpc) is 2.88. The minimum Gasteiger partial charge on any atom is -0.354 e. The van der Waals surface area contributed by atoms with Gasteiger partial charge in [-0.3, -0.25) is 19.4 Å². The Morgan fingerprint density at radius 3 is 2.21 bits per heavy atom. The number of piperazine rings is 1. The number of imide groups is 1. The number of hydrogen-bond donors (Lipinski definition) is 0. The van der Waals surface area contributed by atoms with Crippen molar-refractivity contribution >= 4 is 17.6 Å². The number of hydrogen-bond acceptors (Lipinski definition) is 5. The molecule has 3 aliphatic rings. The zero-order chi connectivity index (χ0) is 16.5. The van der Waals surface area contributed by atoms with E-state index in [4.69, 9.17) is 0 Å². The second-order valence-corrected chi connectivity index (χ2v) is 7.04. The molecule has 6 nitrogen and oxygen atoms in total. The lowest BCUT2D eigenvalue weighted by atomic mass is 9.81. The van der Waals surface area contributed by atoms with Crippen LogP contribution in [0.4, 0.5) is 5.82 Å². The second kappa shape index (κ2) is 6.51. The molecule has 0 radical (unpaired) electrons. The molecule has 2 atom stereocenters. The van der Waals surface area contributed by atoms with Crippen molar-refractivity contribution in [2.75, 3.05) is 37.7 Å². The summed E-state index contributed by atoms with van der Waals surface area (Å²) in [7, 11) is 0. The van der Waals surface area contributed by atoms with Crippen molar-refractivity contribution in [2.45, 2.75) is 25.7 Å². The first-order valence-corrected chi connectivity index (χ1v) is 8.97. The summed E-state index contributed by atoms with van der Waals surface area (Å²) < 4.78 is 0. The number of nitrogens with zero attached hydrogens (tertiary/aromatic N) is 4. The van der Waals surface area contributed by atoms with Crippen LogP contribution in [-0.4, -0.2) is 59.4 Å². The molecule has 6 heteroatoms. The summed E-state index contributed by atoms with van der Waals surface area (Å²) in [5, 5.41) is 0. The molecule has 128 valence electrons. The number of fused-ring (bicyclic) bond motifs is 1. The van der Waals surface area contributed by atoms with Crippen LogP contribution < -0.4 is 4.90 Å². The standard InChI is InChI=1S/C18H24N4O2/c23-17-14-5-1-2-6-15(14)18(24)22(17)13-20-9-11-21(12-10-20)16-7-3-4-8-19-16/h3-4,7-8,14-15H,1-2,5-6,9-13H2/t14-,15+. The Morgan fingerprint density at radius 1 is 0.958 bits per heavy atom. The molecule has 0 aromatic carbocycles. The number of pyridine rings is 1. The normalized spacial score (nSPS) is 28.3. The Bertz CT molecular complexity index is 589. The van der Waals surface area contributed by atoms with Gasteiger partial charge in [0.25, 0.3) is 0 Å². The molecule has 0 bridgehead atoms. The first-order valence-electron chi connectivity index (χ1n) is 8.97. The quantitative estimate of drug-likeness (QED) is 0.784. The van der Waals surface area contributed by atoms with Crippen LogP contribution >= 0.6 is 0 Å². The van der Waals surface area contributed by atoms with Gasteiger partial charge in [-0.25, -0.2) is 4.98 Å². The van der Waals surface area contributed by atoms with E-state index in [1.807, 2.05) is 24.4 Å². The molecule has 2 saturated heterocycles. The van der Waals surface area contributed by atoms with Crippen molar-refractivity contribution in [2.24, 2.45) is 11.8 Å². The fourth-order valence-corrected chi connectivity index (χ4v) is 4.23. The number of likely N-dealkylation sites (tertiary alicyclic amines) is 1. The van der Waals surface area contributed by atoms with Gasteiger partial charge in [0, 0.05) is 32.4 Å². The molecule has 1 aromatic heterocycles. The fraction of sp³-hybridized carbons (Fsp3) is 0.611. The van der Waals surface area contributed by atoms with Crippen LogP contribution in [0.15, 0.2) is 24.4 Å². The van der Waals surface area contributed by atoms with Gasteiger partial charge in [-0.1, -0.05) is 18.9 Å². The third kappa shape index (κ3) is 2.79. The Balaban J connectivity index is 1.35. The van der Waals surface area contributed by atoms with E-state index in [0.717, 1.165) is 57.7 Å². The Kier molecular flexibility index (Phi) is 4.22. The maximum atomic E-state index is 12.6. The third-order valence-corrected chi connectivity index (χ3v) is 5.62. The minimum absolute atomic E-state index is 0.0407. The highest BCUT2D eigenvalue weighted by Crippen LogP contribution is 2.38. The van der Waals surface area contributed by atoms with Crippen LogP contribution in [0.1, 0.15) is 25.7 Å². The monoisotopic (exact) mass is 328 g/mol. The van der Waals surface area contributed by atoms with Gasteiger partial charge in [-0.05, 0) is 25.0 Å². The maximum Gasteiger partial charge on any atom is 0.234 e. The summed E-state index contributed by atoms with van der Waals surface area (Å²) in [6.45, 7) is 3.91. The van der Waals surface area contributed by atoms with E-state index in [2.05, 4.69) is 14.8 Å². The highest BCUT2D eigenvalue weighted by Gasteiger charge is 2.48. The predicted molar refractivity (Wildman–Crippen MR) is 90.2 cm³/mol. The molecule has 1 aliphatic carbocycles. The molecule has 24 heavy (non-hydrogen) atoms. The minimum atomic E-state index is -0.0407. The molecule has 3 fully saturated rings. The van der Waals surface area contributed by atoms with E-state index >= 15 is 0 Å². The number of amides is 2. The van der Waals surface area contributed by atoms with Crippen molar-refractivity contribution in [3.05, 3.63) is 24.4 Å². The molecule has 4 rings (SSSR count). The van der Waals surface area contributed by atoms with Crippen LogP contribution in [0.5, 0.6) is 0 Å². The molecule has 2 aliphatic heterocycles. The summed E-state index contributed by atoms with van der Waals surface area (Å²) in [4.78, 5) is 35.5. The van der Waals surface area contributed by atoms with Crippen LogP contribution in [0.25, 0.3) is 0 Å². The van der Waals surface area contributed by atoms with Gasteiger partial charge in [0.1, 0.15) is 5.82 Å². The molecule has 2 amide bonds. The number of aromatic nitrogens is 1. The fourth-order valence-electron chi connectivity index (χ4n) is 4.23. The third-order valence-electron chi connectivity index (χ3n) is 5.62. The zero-order valence-corrected chi connectivity index (χ0v) is 13.9. The summed E-state index contributed by atoms with van der Waals surface area (Å²) in [6, 6.07) is 5.94. The summed E-state index contributed by atoms with van der Waals surface area (Å²) in [5.41, 5.74) is 0. The van der Waals surface area contributed by atoms with Crippen molar-refractivity contribution in [1.82, 2.24) is 14.8 Å². The van der Waals surface area contributed by atoms with Gasteiger partial charge in [0.15, 0.2) is 0 Å². The Labute approximate surface area is 142 Å². The molecule has 0 unspecified atom stereocenters. The van der Waals surface area contributed by atoms with E-state index in [0.29, 0.717) is 6.67 Å². The second-order valence-electron chi connectivity index (χ2n) is 7.04. The van der Waals surface area contributed by atoms with Crippen molar-refractivity contribution in [3.8, 4) is 0 Å². The van der Waals surface area contributed by atoms with Gasteiger partial charge in [-0.2, -0.15) is 0 Å². The van der Waals surface area contributed by atoms with Crippen molar-refractivity contribution < 1.29 is 9.59 Å². The zero-order valence-electron chi connectivity index (χ0n) is 13.9. The Hall–Kier alpha value is -1.95. The van der Waals surface area contributed by atoms with Gasteiger partial charge >= 0.3 is 0 Å². The van der Waals surface area contributed by atoms with Gasteiger partial charge in [-0.15, -0.1) is 0 Å². The summed E-state index contributed by atoms with van der Waals surface area (Å²) in [5.74, 6) is 1.05. The van der Waals surface area contributed by atoms with Crippen LogP contribution in [-0.2, 0) is 9.59 Å². The van der Waals surface area contributed by atoms with Crippen LogP contribution in [0, 0.1) is 11.8 Å². The molecular weight excluding hydrogens is 304 g/mol. The van der Waals surface area contributed by atoms with Crippen molar-refractivity contribution in [3.63, 3.8) is 0 Å². The largest absolute Gasteiger partial charge is 0.354 e. The van der Waals surface area contributed by atoms with E-state index < -0.39 is 0 Å². The lowest BCUT2D eigenvalue weighted by Gasteiger charge is -2.36. The number of carbonyl (C=O) groups is 2.